The van der Waals surface area contributed by atoms with Crippen molar-refractivity contribution in [2.24, 2.45) is 0 Å². The van der Waals surface area contributed by atoms with Gasteiger partial charge in [0.1, 0.15) is 11.6 Å². The molecule has 2 aromatic heterocycles. The molecule has 0 unspecified atom stereocenters. The number of amides is 1. The van der Waals surface area contributed by atoms with Gasteiger partial charge in [0.25, 0.3) is 0 Å². The monoisotopic (exact) mass is 469 g/mol. The van der Waals surface area contributed by atoms with Crippen molar-refractivity contribution in [3.63, 3.8) is 0 Å². The normalized spacial score (nSPS) is 10.4. The van der Waals surface area contributed by atoms with Crippen LogP contribution in [-0.2, 0) is 17.8 Å². The van der Waals surface area contributed by atoms with Crippen LogP contribution in [0.2, 0.25) is 0 Å². The standard InChI is InChI=1S/C27H21F2N5O/c28-22-5-1-3-19(13-22)10-12-32-27-26(34(18-35)17-20-4-2-11-31-16-20)9-8-25(33-27)24-14-23(29)7-6-21(24)15-30/h1-9,11,13-14,16,18H,10,12,17H2,(H,32,33). The molecule has 6 nitrogen and oxygen atoms in total. The minimum Gasteiger partial charge on any atom is -0.368 e. The number of nitriles is 1. The van der Waals surface area contributed by atoms with Gasteiger partial charge in [0, 0.05) is 24.5 Å². The number of hydrogen-bond acceptors (Lipinski definition) is 5. The number of carbonyl (C=O) groups is 1. The maximum Gasteiger partial charge on any atom is 0.214 e. The van der Waals surface area contributed by atoms with Crippen LogP contribution < -0.4 is 10.2 Å². The van der Waals surface area contributed by atoms with Crippen LogP contribution in [0.1, 0.15) is 16.7 Å². The lowest BCUT2D eigenvalue weighted by Gasteiger charge is -2.22. The summed E-state index contributed by atoms with van der Waals surface area (Å²) in [4.78, 5) is 22.2. The molecule has 0 aliphatic rings. The zero-order chi connectivity index (χ0) is 24.6. The zero-order valence-corrected chi connectivity index (χ0v) is 18.7. The molecule has 35 heavy (non-hydrogen) atoms. The number of halogens is 2. The van der Waals surface area contributed by atoms with Crippen molar-refractivity contribution in [3.8, 4) is 17.3 Å². The van der Waals surface area contributed by atoms with Gasteiger partial charge in [0.05, 0.1) is 29.6 Å². The second-order valence-electron chi connectivity index (χ2n) is 7.77. The quantitative estimate of drug-likeness (QED) is 0.345. The topological polar surface area (TPSA) is 81.9 Å². The van der Waals surface area contributed by atoms with E-state index in [1.165, 1.54) is 35.2 Å². The molecule has 8 heteroatoms. The van der Waals surface area contributed by atoms with Crippen LogP contribution in [0.5, 0.6) is 0 Å². The summed E-state index contributed by atoms with van der Waals surface area (Å²) in [5, 5.41) is 12.7. The van der Waals surface area contributed by atoms with Crippen LogP contribution in [0.25, 0.3) is 11.3 Å². The first-order valence-electron chi connectivity index (χ1n) is 10.9. The molecule has 0 aliphatic carbocycles. The van der Waals surface area contributed by atoms with Crippen molar-refractivity contribution in [1.29, 1.82) is 5.26 Å². The summed E-state index contributed by atoms with van der Waals surface area (Å²) in [5.74, 6) is -0.429. The summed E-state index contributed by atoms with van der Waals surface area (Å²) in [5.41, 5.74) is 3.13. The molecular weight excluding hydrogens is 448 g/mol. The van der Waals surface area contributed by atoms with E-state index in [-0.39, 0.29) is 17.9 Å². The highest BCUT2D eigenvalue weighted by Gasteiger charge is 2.16. The molecular formula is C27H21F2N5O. The number of anilines is 2. The van der Waals surface area contributed by atoms with Gasteiger partial charge in [0.2, 0.25) is 6.41 Å². The van der Waals surface area contributed by atoms with Crippen molar-refractivity contribution in [2.75, 3.05) is 16.8 Å². The number of carbonyl (C=O) groups excluding carboxylic acids is 1. The second-order valence-corrected chi connectivity index (χ2v) is 7.77. The van der Waals surface area contributed by atoms with Gasteiger partial charge in [-0.2, -0.15) is 5.26 Å². The molecule has 4 aromatic rings. The third kappa shape index (κ3) is 5.84. The van der Waals surface area contributed by atoms with E-state index in [0.717, 1.165) is 11.1 Å². The Morgan fingerprint density at radius 3 is 2.57 bits per heavy atom. The van der Waals surface area contributed by atoms with Crippen LogP contribution in [-0.4, -0.2) is 22.9 Å². The summed E-state index contributed by atoms with van der Waals surface area (Å²) in [6, 6.07) is 19.2. The van der Waals surface area contributed by atoms with E-state index in [4.69, 9.17) is 0 Å². The molecule has 0 fully saturated rings. The van der Waals surface area contributed by atoms with Crippen LogP contribution >= 0.6 is 0 Å². The average molecular weight is 469 g/mol. The minimum atomic E-state index is -0.489. The summed E-state index contributed by atoms with van der Waals surface area (Å²) >= 11 is 0. The highest BCUT2D eigenvalue weighted by molar-refractivity contribution is 5.83. The fourth-order valence-corrected chi connectivity index (χ4v) is 3.67. The Balaban J connectivity index is 1.68. The summed E-state index contributed by atoms with van der Waals surface area (Å²) in [6.45, 7) is 0.668. The van der Waals surface area contributed by atoms with Crippen molar-refractivity contribution >= 4 is 17.9 Å². The van der Waals surface area contributed by atoms with Gasteiger partial charge in [-0.05, 0) is 66.1 Å². The van der Waals surface area contributed by atoms with Gasteiger partial charge < -0.3 is 10.2 Å². The molecule has 0 aliphatic heterocycles. The number of nitrogens with one attached hydrogen (secondary N) is 1. The van der Waals surface area contributed by atoms with Gasteiger partial charge in [0.15, 0.2) is 5.82 Å². The van der Waals surface area contributed by atoms with Gasteiger partial charge in [-0.1, -0.05) is 18.2 Å². The fraction of sp³-hybridized carbons (Fsp3) is 0.111. The first kappa shape index (κ1) is 23.5. The smallest absolute Gasteiger partial charge is 0.214 e. The molecule has 0 bridgehead atoms. The van der Waals surface area contributed by atoms with E-state index >= 15 is 0 Å². The number of rotatable bonds is 9. The molecule has 0 spiro atoms. The predicted octanol–water partition coefficient (Wildman–Crippen LogP) is 5.11. The Hall–Kier alpha value is -4.64. The molecule has 2 aromatic carbocycles. The van der Waals surface area contributed by atoms with Gasteiger partial charge >= 0.3 is 0 Å². The van der Waals surface area contributed by atoms with Crippen molar-refractivity contribution in [1.82, 2.24) is 9.97 Å². The lowest BCUT2D eigenvalue weighted by Crippen LogP contribution is -2.23. The lowest BCUT2D eigenvalue weighted by molar-refractivity contribution is -0.107. The largest absolute Gasteiger partial charge is 0.368 e. The molecule has 0 radical (unpaired) electrons. The van der Waals surface area contributed by atoms with E-state index < -0.39 is 5.82 Å². The van der Waals surface area contributed by atoms with E-state index in [2.05, 4.69) is 21.4 Å². The van der Waals surface area contributed by atoms with E-state index in [1.807, 2.05) is 12.1 Å². The Morgan fingerprint density at radius 2 is 1.83 bits per heavy atom. The highest BCUT2D eigenvalue weighted by Crippen LogP contribution is 2.30. The fourth-order valence-electron chi connectivity index (χ4n) is 3.67. The average Bonchev–Trinajstić information content (AvgIpc) is 2.88. The second kappa shape index (κ2) is 11.0. The van der Waals surface area contributed by atoms with Crippen molar-refractivity contribution in [3.05, 3.63) is 107 Å². The first-order valence-corrected chi connectivity index (χ1v) is 10.9. The van der Waals surface area contributed by atoms with Gasteiger partial charge in [-0.25, -0.2) is 13.8 Å². The maximum atomic E-state index is 14.0. The van der Waals surface area contributed by atoms with E-state index in [9.17, 15) is 18.8 Å². The molecule has 4 rings (SSSR count). The summed E-state index contributed by atoms with van der Waals surface area (Å²) in [7, 11) is 0. The molecule has 1 N–H and O–H groups in total. The highest BCUT2D eigenvalue weighted by atomic mass is 19.1. The zero-order valence-electron chi connectivity index (χ0n) is 18.7. The van der Waals surface area contributed by atoms with Crippen LogP contribution in [0.15, 0.2) is 79.1 Å². The lowest BCUT2D eigenvalue weighted by atomic mass is 10.0. The van der Waals surface area contributed by atoms with Crippen molar-refractivity contribution in [2.45, 2.75) is 13.0 Å². The Kier molecular flexibility index (Phi) is 7.38. The molecule has 0 saturated heterocycles. The molecule has 0 saturated carbocycles. The third-order valence-electron chi connectivity index (χ3n) is 5.36. The van der Waals surface area contributed by atoms with Gasteiger partial charge in [-0.15, -0.1) is 0 Å². The Morgan fingerprint density at radius 1 is 1.00 bits per heavy atom. The number of benzene rings is 2. The summed E-state index contributed by atoms with van der Waals surface area (Å²) < 4.78 is 27.5. The summed E-state index contributed by atoms with van der Waals surface area (Å²) in [6.07, 6.45) is 4.53. The Bertz CT molecular complexity index is 1370. The molecule has 0 atom stereocenters. The first-order chi connectivity index (χ1) is 17.1. The van der Waals surface area contributed by atoms with E-state index in [1.54, 1.807) is 36.7 Å². The maximum absolute atomic E-state index is 14.0. The SMILES string of the molecule is N#Cc1ccc(F)cc1-c1ccc(N(C=O)Cc2cccnc2)c(NCCc2cccc(F)c2)n1. The van der Waals surface area contributed by atoms with Gasteiger partial charge in [-0.3, -0.25) is 9.78 Å². The van der Waals surface area contributed by atoms with Crippen LogP contribution in [0, 0.1) is 23.0 Å². The third-order valence-corrected chi connectivity index (χ3v) is 5.36. The number of nitrogens with zero attached hydrogens (tertiary/aromatic N) is 4. The number of pyridine rings is 2. The predicted molar refractivity (Wildman–Crippen MR) is 129 cm³/mol. The van der Waals surface area contributed by atoms with Crippen LogP contribution in [0.3, 0.4) is 0 Å². The Labute approximate surface area is 201 Å². The van der Waals surface area contributed by atoms with Crippen molar-refractivity contribution < 1.29 is 13.6 Å². The molecule has 174 valence electrons. The number of hydrogen-bond donors (Lipinski definition) is 1. The van der Waals surface area contributed by atoms with Crippen LogP contribution in [0.4, 0.5) is 20.3 Å². The van der Waals surface area contributed by atoms with E-state index in [0.29, 0.717) is 42.1 Å². The molecule has 1 amide bonds. The number of aromatic nitrogens is 2. The minimum absolute atomic E-state index is 0.264. The molecule has 2 heterocycles.